The van der Waals surface area contributed by atoms with Crippen LogP contribution in [0.2, 0.25) is 0 Å². The molecule has 1 rings (SSSR count). The van der Waals surface area contributed by atoms with E-state index in [9.17, 15) is 8.42 Å². The second kappa shape index (κ2) is 6.20. The summed E-state index contributed by atoms with van der Waals surface area (Å²) in [5.74, 6) is 0.854. The number of hydrogen-bond acceptors (Lipinski definition) is 4. The van der Waals surface area contributed by atoms with Gasteiger partial charge in [0.2, 0.25) is 0 Å². The van der Waals surface area contributed by atoms with Gasteiger partial charge in [-0.05, 0) is 24.1 Å². The molecule has 0 amide bonds. The first-order valence-corrected chi connectivity index (χ1v) is 7.78. The third kappa shape index (κ3) is 3.23. The van der Waals surface area contributed by atoms with Crippen LogP contribution in [0.25, 0.3) is 0 Å². The van der Waals surface area contributed by atoms with E-state index in [1.54, 1.807) is 26.2 Å². The van der Waals surface area contributed by atoms with Crippen molar-refractivity contribution in [3.05, 3.63) is 29.8 Å². The first-order chi connectivity index (χ1) is 8.46. The van der Waals surface area contributed by atoms with Gasteiger partial charge in [0.25, 0.3) is 0 Å². The Bertz CT molecular complexity index is 468. The Hall–Kier alpha value is -1.07. The lowest BCUT2D eigenvalue weighted by Crippen LogP contribution is -2.34. The second-order valence-electron chi connectivity index (χ2n) is 4.20. The van der Waals surface area contributed by atoms with E-state index in [0.717, 1.165) is 11.3 Å². The van der Waals surface area contributed by atoms with Crippen molar-refractivity contribution in [2.45, 2.75) is 31.6 Å². The molecule has 0 unspecified atom stereocenters. The average Bonchev–Trinajstić information content (AvgIpc) is 2.39. The molecule has 2 atom stereocenters. The molecule has 1 aromatic carbocycles. The summed E-state index contributed by atoms with van der Waals surface area (Å²) >= 11 is 0. The van der Waals surface area contributed by atoms with Crippen LogP contribution in [-0.4, -0.2) is 26.5 Å². The molecule has 0 aliphatic rings. The first-order valence-electron chi connectivity index (χ1n) is 6.07. The van der Waals surface area contributed by atoms with Gasteiger partial charge in [-0.15, -0.1) is 0 Å². The molecule has 0 aliphatic heterocycles. The summed E-state index contributed by atoms with van der Waals surface area (Å²) < 4.78 is 29.0. The van der Waals surface area contributed by atoms with Crippen LogP contribution in [0.1, 0.15) is 31.9 Å². The molecule has 1 aromatic rings. The van der Waals surface area contributed by atoms with E-state index in [1.165, 1.54) is 0 Å². The van der Waals surface area contributed by atoms with E-state index < -0.39 is 21.1 Å². The van der Waals surface area contributed by atoms with E-state index in [0.29, 0.717) is 6.42 Å². The molecule has 18 heavy (non-hydrogen) atoms. The maximum absolute atomic E-state index is 12.0. The van der Waals surface area contributed by atoms with Crippen LogP contribution >= 0.6 is 0 Å². The Morgan fingerprint density at radius 2 is 1.78 bits per heavy atom. The monoisotopic (exact) mass is 271 g/mol. The fraction of sp³-hybridized carbons (Fsp3) is 0.538. The van der Waals surface area contributed by atoms with E-state index in [2.05, 4.69) is 0 Å². The van der Waals surface area contributed by atoms with Gasteiger partial charge in [-0.1, -0.05) is 26.0 Å². The van der Waals surface area contributed by atoms with Gasteiger partial charge in [-0.25, -0.2) is 8.42 Å². The van der Waals surface area contributed by atoms with Crippen LogP contribution in [0.3, 0.4) is 0 Å². The maximum atomic E-state index is 12.0. The predicted octanol–water partition coefficient (Wildman–Crippen LogP) is 1.91. The molecule has 0 saturated carbocycles. The highest BCUT2D eigenvalue weighted by atomic mass is 32.2. The fourth-order valence-electron chi connectivity index (χ4n) is 1.99. The van der Waals surface area contributed by atoms with Crippen molar-refractivity contribution in [2.24, 2.45) is 5.73 Å². The zero-order valence-corrected chi connectivity index (χ0v) is 11.9. The van der Waals surface area contributed by atoms with Crippen LogP contribution < -0.4 is 10.5 Å². The number of benzene rings is 1. The second-order valence-corrected chi connectivity index (χ2v) is 6.71. The summed E-state index contributed by atoms with van der Waals surface area (Å²) in [6.45, 7) is 3.50. The van der Waals surface area contributed by atoms with E-state index in [1.807, 2.05) is 19.1 Å². The summed E-state index contributed by atoms with van der Waals surface area (Å²) in [5.41, 5.74) is 6.90. The number of nitrogens with two attached hydrogens (primary N) is 1. The van der Waals surface area contributed by atoms with Crippen molar-refractivity contribution in [3.63, 3.8) is 0 Å². The standard InChI is InChI=1S/C13H21NO3S/c1-4-12(18(15,16)5-2)13(14)10-6-8-11(17-3)9-7-10/h6-9,12-13H,4-5,14H2,1-3H3/t12-,13-/m0/s1. The molecule has 2 N–H and O–H groups in total. The number of rotatable bonds is 6. The highest BCUT2D eigenvalue weighted by molar-refractivity contribution is 7.92. The maximum Gasteiger partial charge on any atom is 0.154 e. The van der Waals surface area contributed by atoms with Crippen LogP contribution in [0.5, 0.6) is 5.75 Å². The van der Waals surface area contributed by atoms with Gasteiger partial charge in [0.15, 0.2) is 9.84 Å². The lowest BCUT2D eigenvalue weighted by Gasteiger charge is -2.22. The van der Waals surface area contributed by atoms with Crippen molar-refractivity contribution in [1.29, 1.82) is 0 Å². The summed E-state index contributed by atoms with van der Waals surface area (Å²) in [6, 6.07) is 6.72. The van der Waals surface area contributed by atoms with Gasteiger partial charge >= 0.3 is 0 Å². The van der Waals surface area contributed by atoms with Crippen LogP contribution in [0.4, 0.5) is 0 Å². The zero-order valence-electron chi connectivity index (χ0n) is 11.1. The van der Waals surface area contributed by atoms with E-state index in [-0.39, 0.29) is 5.75 Å². The Labute approximate surface area is 109 Å². The molecule has 102 valence electrons. The van der Waals surface area contributed by atoms with Gasteiger partial charge in [0.1, 0.15) is 5.75 Å². The first kappa shape index (κ1) is 15.0. The van der Waals surface area contributed by atoms with E-state index in [4.69, 9.17) is 10.5 Å². The Morgan fingerprint density at radius 1 is 1.22 bits per heavy atom. The minimum Gasteiger partial charge on any atom is -0.497 e. The minimum atomic E-state index is -3.13. The van der Waals surface area contributed by atoms with Gasteiger partial charge in [0.05, 0.1) is 12.4 Å². The molecule has 0 aromatic heterocycles. The van der Waals surface area contributed by atoms with Crippen molar-refractivity contribution in [1.82, 2.24) is 0 Å². The summed E-state index contributed by atoms with van der Waals surface area (Å²) in [5, 5.41) is -0.532. The van der Waals surface area contributed by atoms with E-state index >= 15 is 0 Å². The van der Waals surface area contributed by atoms with Crippen molar-refractivity contribution in [2.75, 3.05) is 12.9 Å². The quantitative estimate of drug-likeness (QED) is 0.858. The van der Waals surface area contributed by atoms with Crippen molar-refractivity contribution >= 4 is 9.84 Å². The average molecular weight is 271 g/mol. The summed E-state index contributed by atoms with van der Waals surface area (Å²) in [6.07, 6.45) is 0.517. The molecule has 0 fully saturated rings. The normalized spacial score (nSPS) is 15.1. The molecule has 0 spiro atoms. The van der Waals surface area contributed by atoms with Gasteiger partial charge < -0.3 is 10.5 Å². The molecule has 0 heterocycles. The Balaban J connectivity index is 3.00. The molecule has 4 nitrogen and oxygen atoms in total. The topological polar surface area (TPSA) is 69.4 Å². The Morgan fingerprint density at radius 3 is 2.17 bits per heavy atom. The smallest absolute Gasteiger partial charge is 0.154 e. The summed E-state index contributed by atoms with van der Waals surface area (Å²) in [7, 11) is -1.54. The molecular formula is C13H21NO3S. The number of ether oxygens (including phenoxy) is 1. The highest BCUT2D eigenvalue weighted by Crippen LogP contribution is 2.24. The number of sulfone groups is 1. The third-order valence-electron chi connectivity index (χ3n) is 3.17. The van der Waals surface area contributed by atoms with Crippen LogP contribution in [0, 0.1) is 0 Å². The van der Waals surface area contributed by atoms with Gasteiger partial charge in [-0.3, -0.25) is 0 Å². The van der Waals surface area contributed by atoms with Crippen LogP contribution in [0.15, 0.2) is 24.3 Å². The van der Waals surface area contributed by atoms with Crippen molar-refractivity contribution in [3.8, 4) is 5.75 Å². The van der Waals surface area contributed by atoms with Gasteiger partial charge in [0, 0.05) is 11.8 Å². The van der Waals surface area contributed by atoms with Crippen molar-refractivity contribution < 1.29 is 13.2 Å². The minimum absolute atomic E-state index is 0.120. The molecule has 0 saturated heterocycles. The SMILES string of the molecule is CC[C@@H]([C@@H](N)c1ccc(OC)cc1)S(=O)(=O)CC. The van der Waals surface area contributed by atoms with Gasteiger partial charge in [-0.2, -0.15) is 0 Å². The largest absolute Gasteiger partial charge is 0.497 e. The predicted molar refractivity (Wildman–Crippen MR) is 73.5 cm³/mol. The number of hydrogen-bond donors (Lipinski definition) is 1. The molecule has 0 aliphatic carbocycles. The molecule has 5 heteroatoms. The lowest BCUT2D eigenvalue weighted by molar-refractivity contribution is 0.414. The zero-order chi connectivity index (χ0) is 13.8. The molecule has 0 bridgehead atoms. The summed E-state index contributed by atoms with van der Waals surface area (Å²) in [4.78, 5) is 0. The lowest BCUT2D eigenvalue weighted by atomic mass is 10.0. The third-order valence-corrected chi connectivity index (χ3v) is 5.52. The highest BCUT2D eigenvalue weighted by Gasteiger charge is 2.29. The molecular weight excluding hydrogens is 250 g/mol. The Kier molecular flexibility index (Phi) is 5.16. The molecule has 0 radical (unpaired) electrons. The fourth-order valence-corrected chi connectivity index (χ4v) is 3.53. The van der Waals surface area contributed by atoms with Crippen LogP contribution in [-0.2, 0) is 9.84 Å². The number of methoxy groups -OCH3 is 1.